The van der Waals surface area contributed by atoms with Crippen LogP contribution in [0.4, 0.5) is 9.93 Å². The van der Waals surface area contributed by atoms with E-state index in [0.717, 1.165) is 24.6 Å². The highest BCUT2D eigenvalue weighted by molar-refractivity contribution is 7.09. The van der Waals surface area contributed by atoms with E-state index in [9.17, 15) is 4.79 Å². The van der Waals surface area contributed by atoms with E-state index in [-0.39, 0.29) is 12.6 Å². The second-order valence-electron chi connectivity index (χ2n) is 4.96. The topological polar surface area (TPSA) is 78.3 Å². The first-order valence-electron chi connectivity index (χ1n) is 6.25. The van der Waals surface area contributed by atoms with Crippen molar-refractivity contribution >= 4 is 22.7 Å². The first kappa shape index (κ1) is 11.9. The van der Waals surface area contributed by atoms with Gasteiger partial charge in [0, 0.05) is 24.6 Å². The third-order valence-corrected chi connectivity index (χ3v) is 4.51. The molecule has 1 unspecified atom stereocenters. The fourth-order valence-electron chi connectivity index (χ4n) is 2.94. The zero-order valence-electron chi connectivity index (χ0n) is 10.0. The molecule has 2 fully saturated rings. The third-order valence-electron chi connectivity index (χ3n) is 3.84. The number of anilines is 1. The summed E-state index contributed by atoms with van der Waals surface area (Å²) in [5, 5.41) is 12.1. The minimum Gasteiger partial charge on any atom is -0.388 e. The number of amides is 2. The number of carbonyl (C=O) groups excluding carboxylic acids is 1. The fraction of sp³-hybridized carbons (Fsp3) is 0.727. The van der Waals surface area contributed by atoms with Crippen LogP contribution in [0.1, 0.15) is 25.1 Å². The molecule has 0 aromatic carbocycles. The van der Waals surface area contributed by atoms with Crippen molar-refractivity contribution in [1.82, 2.24) is 14.3 Å². The minimum absolute atomic E-state index is 0.0926. The van der Waals surface area contributed by atoms with E-state index in [4.69, 9.17) is 5.11 Å². The fourth-order valence-corrected chi connectivity index (χ4v) is 3.51. The van der Waals surface area contributed by atoms with Crippen LogP contribution in [-0.4, -0.2) is 38.5 Å². The van der Waals surface area contributed by atoms with Crippen LogP contribution in [0.5, 0.6) is 0 Å². The lowest BCUT2D eigenvalue weighted by Gasteiger charge is -2.16. The van der Waals surface area contributed by atoms with Crippen LogP contribution in [-0.2, 0) is 6.61 Å². The highest BCUT2D eigenvalue weighted by Crippen LogP contribution is 2.37. The van der Waals surface area contributed by atoms with Gasteiger partial charge in [0.25, 0.3) is 0 Å². The first-order valence-corrected chi connectivity index (χ1v) is 7.03. The Morgan fingerprint density at radius 3 is 2.78 bits per heavy atom. The standard InChI is InChI=1S/C11H16N4O2S/c16-6-9-12-10(18-14-9)13-11(17)15-4-7-2-1-3-8(7)5-15/h7-8,16H,1-6H2,(H,12,13,14,17)/t7-,8?/m0/s1. The van der Waals surface area contributed by atoms with Crippen LogP contribution in [0, 0.1) is 11.8 Å². The van der Waals surface area contributed by atoms with Gasteiger partial charge in [0.2, 0.25) is 5.13 Å². The molecule has 1 saturated carbocycles. The number of fused-ring (bicyclic) bond motifs is 1. The molecule has 1 aliphatic heterocycles. The maximum atomic E-state index is 12.0. The third kappa shape index (κ3) is 2.20. The molecule has 98 valence electrons. The average molecular weight is 268 g/mol. The molecule has 7 heteroatoms. The van der Waals surface area contributed by atoms with Gasteiger partial charge in [0.1, 0.15) is 6.61 Å². The van der Waals surface area contributed by atoms with Crippen molar-refractivity contribution in [3.05, 3.63) is 5.82 Å². The largest absolute Gasteiger partial charge is 0.388 e. The summed E-state index contributed by atoms with van der Waals surface area (Å²) in [4.78, 5) is 17.9. The van der Waals surface area contributed by atoms with Gasteiger partial charge in [-0.15, -0.1) is 0 Å². The molecule has 0 bridgehead atoms. The molecule has 2 N–H and O–H groups in total. The number of hydrogen-bond acceptors (Lipinski definition) is 5. The summed E-state index contributed by atoms with van der Waals surface area (Å²) in [6.07, 6.45) is 3.81. The lowest BCUT2D eigenvalue weighted by atomic mass is 10.0. The summed E-state index contributed by atoms with van der Waals surface area (Å²) in [6.45, 7) is 1.53. The van der Waals surface area contributed by atoms with Gasteiger partial charge in [0.15, 0.2) is 5.82 Å². The molecule has 2 atom stereocenters. The summed E-state index contributed by atoms with van der Waals surface area (Å²) < 4.78 is 3.92. The zero-order chi connectivity index (χ0) is 12.5. The molecule has 2 amide bonds. The maximum Gasteiger partial charge on any atom is 0.323 e. The molecule has 0 radical (unpaired) electrons. The van der Waals surface area contributed by atoms with Gasteiger partial charge in [-0.2, -0.15) is 4.37 Å². The molecule has 6 nitrogen and oxygen atoms in total. The first-order chi connectivity index (χ1) is 8.76. The van der Waals surface area contributed by atoms with Gasteiger partial charge >= 0.3 is 6.03 Å². The van der Waals surface area contributed by atoms with Crippen molar-refractivity contribution in [1.29, 1.82) is 0 Å². The van der Waals surface area contributed by atoms with Crippen molar-refractivity contribution in [3.8, 4) is 0 Å². The molecular weight excluding hydrogens is 252 g/mol. The SMILES string of the molecule is O=C(Nc1nc(CO)ns1)N1CC2CCC[C@H]2C1. The van der Waals surface area contributed by atoms with Gasteiger partial charge in [-0.25, -0.2) is 9.78 Å². The van der Waals surface area contributed by atoms with E-state index in [0.29, 0.717) is 22.8 Å². The molecule has 1 aromatic heterocycles. The second-order valence-corrected chi connectivity index (χ2v) is 5.71. The Kier molecular flexibility index (Phi) is 3.17. The number of aliphatic hydroxyl groups is 1. The smallest absolute Gasteiger partial charge is 0.323 e. The Morgan fingerprint density at radius 2 is 2.17 bits per heavy atom. The van der Waals surface area contributed by atoms with Gasteiger partial charge in [-0.05, 0) is 24.7 Å². The molecule has 0 spiro atoms. The average Bonchev–Trinajstić information content (AvgIpc) is 3.02. The summed E-state index contributed by atoms with van der Waals surface area (Å²) in [7, 11) is 0. The van der Waals surface area contributed by atoms with Crippen LogP contribution in [0.15, 0.2) is 0 Å². The highest BCUT2D eigenvalue weighted by atomic mass is 32.1. The molecular formula is C11H16N4O2S. The normalized spacial score (nSPS) is 26.4. The van der Waals surface area contributed by atoms with Crippen molar-refractivity contribution < 1.29 is 9.90 Å². The number of nitrogens with zero attached hydrogens (tertiary/aromatic N) is 3. The lowest BCUT2D eigenvalue weighted by Crippen LogP contribution is -2.33. The number of rotatable bonds is 2. The predicted molar refractivity (Wildman–Crippen MR) is 67.3 cm³/mol. The summed E-state index contributed by atoms with van der Waals surface area (Å²) in [5.74, 6) is 1.74. The van der Waals surface area contributed by atoms with Crippen molar-refractivity contribution in [2.24, 2.45) is 11.8 Å². The molecule has 18 heavy (non-hydrogen) atoms. The van der Waals surface area contributed by atoms with Crippen molar-refractivity contribution in [2.75, 3.05) is 18.4 Å². The van der Waals surface area contributed by atoms with Gasteiger partial charge < -0.3 is 10.0 Å². The molecule has 1 aromatic rings. The zero-order valence-corrected chi connectivity index (χ0v) is 10.8. The van der Waals surface area contributed by atoms with Gasteiger partial charge in [-0.1, -0.05) is 6.42 Å². The van der Waals surface area contributed by atoms with E-state index in [2.05, 4.69) is 14.7 Å². The van der Waals surface area contributed by atoms with E-state index in [1.54, 1.807) is 0 Å². The van der Waals surface area contributed by atoms with Crippen LogP contribution >= 0.6 is 11.5 Å². The highest BCUT2D eigenvalue weighted by Gasteiger charge is 2.38. The Morgan fingerprint density at radius 1 is 1.44 bits per heavy atom. The Balaban J connectivity index is 1.58. The Hall–Kier alpha value is -1.21. The summed E-state index contributed by atoms with van der Waals surface area (Å²) in [5.41, 5.74) is 0. The van der Waals surface area contributed by atoms with Crippen LogP contribution < -0.4 is 5.32 Å². The molecule has 3 rings (SSSR count). The van der Waals surface area contributed by atoms with E-state index in [1.165, 1.54) is 19.3 Å². The Bertz CT molecular complexity index is 438. The predicted octanol–water partition coefficient (Wildman–Crippen LogP) is 1.29. The van der Waals surface area contributed by atoms with Gasteiger partial charge in [-0.3, -0.25) is 5.32 Å². The number of urea groups is 1. The van der Waals surface area contributed by atoms with Crippen LogP contribution in [0.2, 0.25) is 0 Å². The molecule has 2 aliphatic rings. The van der Waals surface area contributed by atoms with Crippen molar-refractivity contribution in [3.63, 3.8) is 0 Å². The quantitative estimate of drug-likeness (QED) is 0.847. The number of hydrogen-bond donors (Lipinski definition) is 2. The summed E-state index contributed by atoms with van der Waals surface area (Å²) >= 11 is 1.10. The number of aliphatic hydroxyl groups excluding tert-OH is 1. The van der Waals surface area contributed by atoms with Crippen molar-refractivity contribution in [2.45, 2.75) is 25.9 Å². The number of likely N-dealkylation sites (tertiary alicyclic amines) is 1. The number of aromatic nitrogens is 2. The van der Waals surface area contributed by atoms with E-state index >= 15 is 0 Å². The van der Waals surface area contributed by atoms with Crippen LogP contribution in [0.3, 0.4) is 0 Å². The lowest BCUT2D eigenvalue weighted by molar-refractivity contribution is 0.219. The minimum atomic E-state index is -0.194. The number of carbonyl (C=O) groups is 1. The molecule has 1 saturated heterocycles. The maximum absolute atomic E-state index is 12.0. The van der Waals surface area contributed by atoms with Crippen LogP contribution in [0.25, 0.3) is 0 Å². The van der Waals surface area contributed by atoms with E-state index in [1.807, 2.05) is 4.90 Å². The van der Waals surface area contributed by atoms with E-state index < -0.39 is 0 Å². The Labute approximate surface area is 109 Å². The monoisotopic (exact) mass is 268 g/mol. The molecule has 1 aliphatic carbocycles. The van der Waals surface area contributed by atoms with Gasteiger partial charge in [0.05, 0.1) is 0 Å². The second kappa shape index (κ2) is 4.81. The number of nitrogens with one attached hydrogen (secondary N) is 1. The summed E-state index contributed by atoms with van der Waals surface area (Å²) in [6, 6.07) is -0.0926. The molecule has 2 heterocycles.